The molecule has 17 nitrogen and oxygen atoms in total. The summed E-state index contributed by atoms with van der Waals surface area (Å²) in [6.07, 6.45) is 18.5. The second kappa shape index (κ2) is 28.0. The van der Waals surface area contributed by atoms with E-state index in [1.807, 2.05) is 0 Å². The minimum absolute atomic E-state index is 0.0382. The molecule has 0 bridgehead atoms. The molecule has 0 amide bonds. The number of hydrogen-bond acceptors (Lipinski definition) is 15. The minimum Gasteiger partial charge on any atom is -0.419 e. The van der Waals surface area contributed by atoms with Crippen molar-refractivity contribution in [3.05, 3.63) is 93.9 Å². The Hall–Kier alpha value is -4.80. The molecule has 0 spiro atoms. The van der Waals surface area contributed by atoms with Crippen LogP contribution in [0.25, 0.3) is 5.52 Å². The van der Waals surface area contributed by atoms with Crippen molar-refractivity contribution in [3.8, 4) is 12.0 Å². The van der Waals surface area contributed by atoms with Crippen LogP contribution < -0.4 is 10.3 Å². The number of hydrogen-bond donors (Lipinski definition) is 1. The number of fused-ring (bicyclic) bond motifs is 1. The van der Waals surface area contributed by atoms with E-state index in [1.165, 1.54) is 106 Å². The van der Waals surface area contributed by atoms with Gasteiger partial charge in [0.1, 0.15) is 42.5 Å². The topological polar surface area (TPSA) is 214 Å². The fourth-order valence-electron chi connectivity index (χ4n) is 7.88. The van der Waals surface area contributed by atoms with E-state index in [2.05, 4.69) is 17.0 Å². The van der Waals surface area contributed by atoms with E-state index in [4.69, 9.17) is 43.0 Å². The van der Waals surface area contributed by atoms with E-state index in [1.54, 1.807) is 32.2 Å². The molecule has 3 heterocycles. The molecular weight excluding hydrogens is 906 g/mol. The lowest BCUT2D eigenvalue weighted by Gasteiger charge is -2.27. The predicted molar refractivity (Wildman–Crippen MR) is 249 cm³/mol. The third-order valence-electron chi connectivity index (χ3n) is 11.5. The van der Waals surface area contributed by atoms with Gasteiger partial charge in [-0.05, 0) is 62.2 Å². The number of anilines is 1. The number of phosphoric acid groups is 1. The SMILES string of the molecule is CCCCCCCCCCCCCCCCCCOC[C@H](COP(=O)(OC[C@@H](OC#N)[C@H]1OC(C)(C)O[C@H]1c1ccc2c(N)ncnn12)Oc1ccc([N+](=O)[O-])cc1)OCc1ccc(F)c(F)c1. The summed E-state index contributed by atoms with van der Waals surface area (Å²) in [5, 5.41) is 25.4. The number of ether oxygens (including phenoxy) is 5. The Labute approximate surface area is 397 Å². The third kappa shape index (κ3) is 17.6. The largest absolute Gasteiger partial charge is 0.530 e. The van der Waals surface area contributed by atoms with Gasteiger partial charge in [0, 0.05) is 18.7 Å². The van der Waals surface area contributed by atoms with E-state index in [0.29, 0.717) is 23.4 Å². The molecule has 0 radical (unpaired) electrons. The summed E-state index contributed by atoms with van der Waals surface area (Å²) < 4.78 is 91.5. The molecule has 68 heavy (non-hydrogen) atoms. The van der Waals surface area contributed by atoms with Gasteiger partial charge in [-0.15, -0.1) is 0 Å². The van der Waals surface area contributed by atoms with E-state index in [-0.39, 0.29) is 30.5 Å². The Kier molecular flexibility index (Phi) is 22.3. The van der Waals surface area contributed by atoms with E-state index in [0.717, 1.165) is 49.9 Å². The molecule has 0 saturated carbocycles. The quantitative estimate of drug-likeness (QED) is 0.0151. The fraction of sp³-hybridized carbons (Fsp3) is 0.604. The first-order valence-corrected chi connectivity index (χ1v) is 25.2. The van der Waals surface area contributed by atoms with Gasteiger partial charge in [0.25, 0.3) is 11.9 Å². The Bertz CT molecular complexity index is 2230. The van der Waals surface area contributed by atoms with Crippen molar-refractivity contribution in [3.63, 3.8) is 0 Å². The monoisotopic (exact) mass is 972 g/mol. The summed E-state index contributed by atoms with van der Waals surface area (Å²) >= 11 is 0. The van der Waals surface area contributed by atoms with Gasteiger partial charge in [-0.25, -0.2) is 22.8 Å². The molecule has 1 saturated heterocycles. The molecule has 1 fully saturated rings. The maximum absolute atomic E-state index is 14.6. The Morgan fingerprint density at radius 1 is 0.868 bits per heavy atom. The number of nitriles is 1. The zero-order valence-electron chi connectivity index (χ0n) is 39.4. The third-order valence-corrected chi connectivity index (χ3v) is 12.9. The van der Waals surface area contributed by atoms with Gasteiger partial charge in [0.05, 0.1) is 30.4 Å². The second-order valence-corrected chi connectivity index (χ2v) is 19.0. The Balaban J connectivity index is 1.20. The normalized spacial score (nSPS) is 17.4. The summed E-state index contributed by atoms with van der Waals surface area (Å²) in [7, 11) is -4.74. The predicted octanol–water partition coefficient (Wildman–Crippen LogP) is 11.6. The molecule has 374 valence electrons. The number of nitrogens with two attached hydrogens (primary N) is 1. The first-order valence-electron chi connectivity index (χ1n) is 23.8. The molecule has 1 unspecified atom stereocenters. The van der Waals surface area contributed by atoms with E-state index >= 15 is 0 Å². The maximum atomic E-state index is 14.6. The highest BCUT2D eigenvalue weighted by molar-refractivity contribution is 7.48. The van der Waals surface area contributed by atoms with Crippen molar-refractivity contribution in [1.82, 2.24) is 14.6 Å². The van der Waals surface area contributed by atoms with Gasteiger partial charge < -0.3 is 33.9 Å². The molecule has 2 aromatic heterocycles. The summed E-state index contributed by atoms with van der Waals surface area (Å²) in [5.74, 6) is -3.15. The van der Waals surface area contributed by atoms with Gasteiger partial charge in [-0.2, -0.15) is 10.4 Å². The molecule has 1 aliphatic rings. The van der Waals surface area contributed by atoms with Crippen LogP contribution in [0.3, 0.4) is 0 Å². The van der Waals surface area contributed by atoms with E-state index < -0.39 is 67.8 Å². The minimum atomic E-state index is -4.74. The van der Waals surface area contributed by atoms with Gasteiger partial charge in [-0.1, -0.05) is 109 Å². The smallest absolute Gasteiger partial charge is 0.419 e. The average molecular weight is 973 g/mol. The first kappa shape index (κ1) is 54.1. The number of non-ortho nitro benzene ring substituents is 1. The number of nitro benzene ring substituents is 1. The number of nitrogens with zero attached hydrogens (tertiary/aromatic N) is 5. The number of benzene rings is 2. The lowest BCUT2D eigenvalue weighted by Crippen LogP contribution is -2.37. The van der Waals surface area contributed by atoms with Crippen molar-refractivity contribution < 1.29 is 55.5 Å². The number of nitro groups is 1. The van der Waals surface area contributed by atoms with Crippen LogP contribution in [0.15, 0.2) is 60.9 Å². The maximum Gasteiger partial charge on any atom is 0.530 e. The second-order valence-electron chi connectivity index (χ2n) is 17.4. The molecule has 5 rings (SSSR count). The van der Waals surface area contributed by atoms with Gasteiger partial charge in [0.15, 0.2) is 29.3 Å². The number of nitrogen functional groups attached to an aromatic ring is 1. The molecule has 2 N–H and O–H groups in total. The molecular formula is C48H67F2N6O11P. The highest BCUT2D eigenvalue weighted by Gasteiger charge is 2.49. The van der Waals surface area contributed by atoms with E-state index in [9.17, 15) is 28.7 Å². The molecule has 0 aliphatic carbocycles. The van der Waals surface area contributed by atoms with Crippen LogP contribution in [-0.2, 0) is 43.9 Å². The zero-order chi connectivity index (χ0) is 48.8. The van der Waals surface area contributed by atoms with Gasteiger partial charge in [0.2, 0.25) is 0 Å². The van der Waals surface area contributed by atoms with Crippen molar-refractivity contribution >= 4 is 24.8 Å². The van der Waals surface area contributed by atoms with Gasteiger partial charge in [-0.3, -0.25) is 19.2 Å². The molecule has 2 aromatic carbocycles. The van der Waals surface area contributed by atoms with Crippen LogP contribution in [0.5, 0.6) is 5.75 Å². The highest BCUT2D eigenvalue weighted by atomic mass is 31.2. The van der Waals surface area contributed by atoms with Crippen LogP contribution in [0, 0.1) is 33.3 Å². The zero-order valence-corrected chi connectivity index (χ0v) is 40.3. The Morgan fingerprint density at radius 2 is 1.50 bits per heavy atom. The summed E-state index contributed by atoms with van der Waals surface area (Å²) in [6, 6.07) is 11.5. The molecule has 5 atom stereocenters. The number of rotatable bonds is 34. The summed E-state index contributed by atoms with van der Waals surface area (Å²) in [6.45, 7) is 4.69. The standard InChI is InChI=1S/C48H67F2N6O11P/c1-4-5-6-7-8-9-10-11-12-13-14-15-16-17-18-19-28-60-31-39(61-30-36-20-25-40(49)41(50)29-36)32-63-68(59,67-38-23-21-37(22-24-38)56(57)58)64-33-44(62-34-51)46-45(65-48(2,3)66-46)42-26-27-43-47(52)53-35-54-55(42)43/h20-27,29,35,39,44-46H,4-19,28,30-33H2,1-3H3,(H2,52,53,54)/t39-,44-,45+,46-,68?/m1/s1. The molecule has 20 heteroatoms. The van der Waals surface area contributed by atoms with Crippen LogP contribution in [-0.4, -0.2) is 70.0 Å². The van der Waals surface area contributed by atoms with Crippen molar-refractivity contribution in [2.75, 3.05) is 32.2 Å². The van der Waals surface area contributed by atoms with Crippen molar-refractivity contribution in [2.24, 2.45) is 0 Å². The van der Waals surface area contributed by atoms with Crippen molar-refractivity contribution in [1.29, 1.82) is 5.26 Å². The van der Waals surface area contributed by atoms with Crippen molar-refractivity contribution in [2.45, 2.75) is 160 Å². The number of unbranched alkanes of at least 4 members (excludes halogenated alkanes) is 15. The van der Waals surface area contributed by atoms with Crippen LogP contribution in [0.1, 0.15) is 141 Å². The first-order chi connectivity index (χ1) is 32.8. The fourth-order valence-corrected chi connectivity index (χ4v) is 9.12. The molecule has 1 aliphatic heterocycles. The van der Waals surface area contributed by atoms with Crippen LogP contribution in [0.4, 0.5) is 20.3 Å². The lowest BCUT2D eigenvalue weighted by atomic mass is 10.0. The number of phosphoric ester groups is 1. The highest BCUT2D eigenvalue weighted by Crippen LogP contribution is 2.51. The lowest BCUT2D eigenvalue weighted by molar-refractivity contribution is -0.384. The molecule has 4 aromatic rings. The van der Waals surface area contributed by atoms with Crippen LogP contribution >= 0.6 is 7.82 Å². The summed E-state index contributed by atoms with van der Waals surface area (Å²) in [5.41, 5.74) is 7.13. The number of halogens is 2. The average Bonchev–Trinajstić information content (AvgIpc) is 3.90. The number of aromatic nitrogens is 3. The Morgan fingerprint density at radius 3 is 2.12 bits per heavy atom. The summed E-state index contributed by atoms with van der Waals surface area (Å²) in [4.78, 5) is 14.8. The van der Waals surface area contributed by atoms with Gasteiger partial charge >= 0.3 is 7.82 Å². The van der Waals surface area contributed by atoms with Crippen LogP contribution in [0.2, 0.25) is 0 Å².